The molecule has 1 aromatic carbocycles. The predicted molar refractivity (Wildman–Crippen MR) is 69.7 cm³/mol. The molecule has 1 aliphatic carbocycles. The Balaban J connectivity index is 1.99. The molecule has 94 valence electrons. The molecule has 18 heavy (non-hydrogen) atoms. The van der Waals surface area contributed by atoms with Crippen LogP contribution >= 0.6 is 0 Å². The van der Waals surface area contributed by atoms with Crippen molar-refractivity contribution in [3.63, 3.8) is 0 Å². The van der Waals surface area contributed by atoms with E-state index in [0.717, 1.165) is 12.8 Å². The quantitative estimate of drug-likeness (QED) is 0.791. The molecule has 0 atom stereocenters. The number of aromatic amines is 1. The van der Waals surface area contributed by atoms with E-state index in [4.69, 9.17) is 10.5 Å². The summed E-state index contributed by atoms with van der Waals surface area (Å²) in [5.74, 6) is 0. The van der Waals surface area contributed by atoms with Crippen molar-refractivity contribution in [1.29, 1.82) is 0 Å². The molecular weight excluding hydrogens is 230 g/mol. The number of hydrogen-bond acceptors (Lipinski definition) is 4. The molecule has 5 nitrogen and oxygen atoms in total. The first kappa shape index (κ1) is 11.1. The van der Waals surface area contributed by atoms with Crippen molar-refractivity contribution < 1.29 is 4.74 Å². The van der Waals surface area contributed by atoms with E-state index in [2.05, 4.69) is 9.97 Å². The third-order valence-electron chi connectivity index (χ3n) is 3.29. The number of hydrogen-bond donors (Lipinski definition) is 2. The normalized spacial score (nSPS) is 16.2. The first-order chi connectivity index (χ1) is 8.72. The molecule has 1 aromatic heterocycles. The van der Waals surface area contributed by atoms with Gasteiger partial charge in [-0.1, -0.05) is 0 Å². The minimum atomic E-state index is -0.208. The highest BCUT2D eigenvalue weighted by Gasteiger charge is 2.17. The Morgan fingerprint density at radius 2 is 2.11 bits per heavy atom. The Morgan fingerprint density at radius 1 is 1.33 bits per heavy atom. The molecule has 1 heterocycles. The van der Waals surface area contributed by atoms with Crippen LogP contribution in [0.15, 0.2) is 23.0 Å². The third kappa shape index (κ3) is 2.03. The molecule has 0 bridgehead atoms. The highest BCUT2D eigenvalue weighted by molar-refractivity contribution is 5.81. The first-order valence-electron chi connectivity index (χ1n) is 6.18. The molecule has 0 amide bonds. The molecule has 3 N–H and O–H groups in total. The minimum absolute atomic E-state index is 0.180. The lowest BCUT2D eigenvalue weighted by Gasteiger charge is -2.11. The van der Waals surface area contributed by atoms with Gasteiger partial charge in [0.25, 0.3) is 11.6 Å². The number of rotatable bonds is 2. The van der Waals surface area contributed by atoms with Gasteiger partial charge in [-0.05, 0) is 43.9 Å². The summed E-state index contributed by atoms with van der Waals surface area (Å²) in [6.07, 6.45) is 4.60. The van der Waals surface area contributed by atoms with Crippen molar-refractivity contribution >= 4 is 16.6 Å². The maximum absolute atomic E-state index is 11.9. The SMILES string of the molecule is Nc1ccc2nc(OC3CCCC3)[nH]c(=O)c2c1. The van der Waals surface area contributed by atoms with Crippen LogP contribution in [0.5, 0.6) is 6.01 Å². The molecule has 1 aliphatic rings. The second kappa shape index (κ2) is 4.33. The minimum Gasteiger partial charge on any atom is -0.461 e. The first-order valence-corrected chi connectivity index (χ1v) is 6.18. The van der Waals surface area contributed by atoms with E-state index in [0.29, 0.717) is 22.6 Å². The molecule has 5 heteroatoms. The molecule has 2 aromatic rings. The molecule has 0 spiro atoms. The van der Waals surface area contributed by atoms with Crippen LogP contribution in [-0.4, -0.2) is 16.1 Å². The summed E-state index contributed by atoms with van der Waals surface area (Å²) in [6, 6.07) is 5.40. The van der Waals surface area contributed by atoms with Gasteiger partial charge in [0.05, 0.1) is 10.9 Å². The monoisotopic (exact) mass is 245 g/mol. The second-order valence-corrected chi connectivity index (χ2v) is 4.67. The summed E-state index contributed by atoms with van der Waals surface area (Å²) in [7, 11) is 0. The zero-order valence-electron chi connectivity index (χ0n) is 9.98. The van der Waals surface area contributed by atoms with Crippen LogP contribution in [0.3, 0.4) is 0 Å². The number of H-pyrrole nitrogens is 1. The van der Waals surface area contributed by atoms with Gasteiger partial charge in [-0.2, -0.15) is 4.98 Å². The van der Waals surface area contributed by atoms with E-state index in [-0.39, 0.29) is 11.7 Å². The van der Waals surface area contributed by atoms with Crippen LogP contribution in [-0.2, 0) is 0 Å². The summed E-state index contributed by atoms with van der Waals surface area (Å²) in [4.78, 5) is 18.9. The van der Waals surface area contributed by atoms with Crippen LogP contribution in [0.1, 0.15) is 25.7 Å². The highest BCUT2D eigenvalue weighted by atomic mass is 16.5. The fourth-order valence-electron chi connectivity index (χ4n) is 2.35. The topological polar surface area (TPSA) is 81.0 Å². The van der Waals surface area contributed by atoms with Crippen molar-refractivity contribution in [3.05, 3.63) is 28.6 Å². The Bertz CT molecular complexity index is 630. The summed E-state index contributed by atoms with van der Waals surface area (Å²) in [6.45, 7) is 0. The summed E-state index contributed by atoms with van der Waals surface area (Å²) < 4.78 is 5.70. The fourth-order valence-corrected chi connectivity index (χ4v) is 2.35. The second-order valence-electron chi connectivity index (χ2n) is 4.67. The van der Waals surface area contributed by atoms with Crippen molar-refractivity contribution in [3.8, 4) is 6.01 Å². The van der Waals surface area contributed by atoms with Gasteiger partial charge in [-0.3, -0.25) is 9.78 Å². The van der Waals surface area contributed by atoms with Crippen molar-refractivity contribution in [2.75, 3.05) is 5.73 Å². The lowest BCUT2D eigenvalue weighted by molar-refractivity contribution is 0.192. The zero-order chi connectivity index (χ0) is 12.5. The van der Waals surface area contributed by atoms with Gasteiger partial charge < -0.3 is 10.5 Å². The van der Waals surface area contributed by atoms with Gasteiger partial charge in [-0.15, -0.1) is 0 Å². The smallest absolute Gasteiger partial charge is 0.297 e. The van der Waals surface area contributed by atoms with Crippen molar-refractivity contribution in [2.45, 2.75) is 31.8 Å². The molecule has 1 fully saturated rings. The molecule has 1 saturated carbocycles. The largest absolute Gasteiger partial charge is 0.461 e. The molecular formula is C13H15N3O2. The van der Waals surface area contributed by atoms with Crippen LogP contribution in [0.4, 0.5) is 5.69 Å². The van der Waals surface area contributed by atoms with E-state index in [9.17, 15) is 4.79 Å². The molecule has 0 unspecified atom stereocenters. The average molecular weight is 245 g/mol. The summed E-state index contributed by atoms with van der Waals surface area (Å²) in [5, 5.41) is 0.494. The number of fused-ring (bicyclic) bond motifs is 1. The summed E-state index contributed by atoms with van der Waals surface area (Å²) >= 11 is 0. The number of ether oxygens (including phenoxy) is 1. The molecule has 3 rings (SSSR count). The summed E-state index contributed by atoms with van der Waals surface area (Å²) in [5.41, 5.74) is 6.61. The number of nitrogens with zero attached hydrogens (tertiary/aromatic N) is 1. The van der Waals surface area contributed by atoms with E-state index in [1.54, 1.807) is 18.2 Å². The van der Waals surface area contributed by atoms with Gasteiger partial charge in [-0.25, -0.2) is 0 Å². The highest BCUT2D eigenvalue weighted by Crippen LogP contribution is 2.22. The Hall–Kier alpha value is -2.04. The number of benzene rings is 1. The van der Waals surface area contributed by atoms with Crippen molar-refractivity contribution in [1.82, 2.24) is 9.97 Å². The van der Waals surface area contributed by atoms with E-state index in [1.807, 2.05) is 0 Å². The van der Waals surface area contributed by atoms with Crippen LogP contribution < -0.4 is 16.0 Å². The van der Waals surface area contributed by atoms with Gasteiger partial charge in [0, 0.05) is 5.69 Å². The van der Waals surface area contributed by atoms with Gasteiger partial charge in [0.1, 0.15) is 6.10 Å². The maximum Gasteiger partial charge on any atom is 0.297 e. The maximum atomic E-state index is 11.9. The molecule has 0 saturated heterocycles. The van der Waals surface area contributed by atoms with Crippen molar-refractivity contribution in [2.24, 2.45) is 0 Å². The predicted octanol–water partition coefficient (Wildman–Crippen LogP) is 1.83. The Labute approximate surface area is 104 Å². The molecule has 0 radical (unpaired) electrons. The van der Waals surface area contributed by atoms with E-state index in [1.165, 1.54) is 12.8 Å². The van der Waals surface area contributed by atoms with Gasteiger partial charge in [0.2, 0.25) is 0 Å². The number of aromatic nitrogens is 2. The lowest BCUT2D eigenvalue weighted by atomic mass is 10.2. The van der Waals surface area contributed by atoms with Crippen LogP contribution in [0.2, 0.25) is 0 Å². The lowest BCUT2D eigenvalue weighted by Crippen LogP contribution is -2.17. The number of nitrogens with one attached hydrogen (secondary N) is 1. The Morgan fingerprint density at radius 3 is 2.89 bits per heavy atom. The van der Waals surface area contributed by atoms with E-state index >= 15 is 0 Å². The number of nitrogens with two attached hydrogens (primary N) is 1. The standard InChI is InChI=1S/C13H15N3O2/c14-8-5-6-11-10(7-8)12(17)16-13(15-11)18-9-3-1-2-4-9/h5-7,9H,1-4,14H2,(H,15,16,17). The van der Waals surface area contributed by atoms with Gasteiger partial charge >= 0.3 is 0 Å². The van der Waals surface area contributed by atoms with Crippen LogP contribution in [0.25, 0.3) is 10.9 Å². The Kier molecular flexibility index (Phi) is 2.66. The van der Waals surface area contributed by atoms with E-state index < -0.39 is 0 Å². The number of anilines is 1. The molecule has 0 aliphatic heterocycles. The van der Waals surface area contributed by atoms with Gasteiger partial charge in [0.15, 0.2) is 0 Å². The third-order valence-corrected chi connectivity index (χ3v) is 3.29. The fraction of sp³-hybridized carbons (Fsp3) is 0.385. The number of nitrogen functional groups attached to an aromatic ring is 1. The zero-order valence-corrected chi connectivity index (χ0v) is 9.98. The van der Waals surface area contributed by atoms with Crippen LogP contribution in [0, 0.1) is 0 Å². The average Bonchev–Trinajstić information content (AvgIpc) is 2.83.